The molecule has 2 aliphatic heterocycles. The Kier molecular flexibility index (Phi) is 6.83. The monoisotopic (exact) mass is 394 g/mol. The fraction of sp³-hybridized carbons (Fsp3) is 0.684. The lowest BCUT2D eigenvalue weighted by Crippen LogP contribution is -2.51. The second-order valence-corrected chi connectivity index (χ2v) is 9.70. The molecule has 2 aliphatic rings. The fourth-order valence-electron chi connectivity index (χ4n) is 4.06. The van der Waals surface area contributed by atoms with Gasteiger partial charge in [-0.2, -0.15) is 0 Å². The molecular formula is C19H30N4O3S. The molecule has 0 aromatic carbocycles. The third-order valence-corrected chi connectivity index (χ3v) is 7.59. The van der Waals surface area contributed by atoms with Crippen molar-refractivity contribution in [3.63, 3.8) is 0 Å². The second-order valence-electron chi connectivity index (χ2n) is 7.44. The van der Waals surface area contributed by atoms with Gasteiger partial charge in [-0.25, -0.2) is 12.7 Å². The number of sulfonamides is 1. The average Bonchev–Trinajstić information content (AvgIpc) is 2.73. The summed E-state index contributed by atoms with van der Waals surface area (Å²) < 4.78 is 25.7. The van der Waals surface area contributed by atoms with E-state index in [-0.39, 0.29) is 17.6 Å². The molecule has 0 aliphatic carbocycles. The lowest BCUT2D eigenvalue weighted by atomic mass is 9.93. The number of pyridine rings is 1. The van der Waals surface area contributed by atoms with Crippen molar-refractivity contribution >= 4 is 15.9 Å². The van der Waals surface area contributed by atoms with Crippen LogP contribution in [0.3, 0.4) is 0 Å². The van der Waals surface area contributed by atoms with Crippen LogP contribution in [0.4, 0.5) is 0 Å². The van der Waals surface area contributed by atoms with Gasteiger partial charge in [0, 0.05) is 44.6 Å². The van der Waals surface area contributed by atoms with Crippen LogP contribution in [-0.4, -0.2) is 66.5 Å². The van der Waals surface area contributed by atoms with Gasteiger partial charge >= 0.3 is 0 Å². The molecule has 0 bridgehead atoms. The van der Waals surface area contributed by atoms with Crippen LogP contribution in [-0.2, 0) is 21.4 Å². The molecule has 2 fully saturated rings. The SMILES string of the molecule is CCS(=O)(=O)N1CCC(N2CCC[C@H](C(=O)NCc3cccnc3)C2)CC1. The van der Waals surface area contributed by atoms with Gasteiger partial charge in [-0.05, 0) is 50.8 Å². The minimum atomic E-state index is -3.09. The second kappa shape index (κ2) is 9.12. The number of hydrogen-bond acceptors (Lipinski definition) is 5. The number of likely N-dealkylation sites (tertiary alicyclic amines) is 1. The molecule has 27 heavy (non-hydrogen) atoms. The maximum atomic E-state index is 12.6. The van der Waals surface area contributed by atoms with Crippen LogP contribution in [0, 0.1) is 5.92 Å². The molecule has 0 spiro atoms. The van der Waals surface area contributed by atoms with Crippen molar-refractivity contribution in [3.8, 4) is 0 Å². The Morgan fingerprint density at radius 2 is 2.04 bits per heavy atom. The Bertz CT molecular complexity index is 718. The Labute approximate surface area is 162 Å². The van der Waals surface area contributed by atoms with Crippen molar-refractivity contribution < 1.29 is 13.2 Å². The maximum absolute atomic E-state index is 12.6. The molecule has 0 saturated carbocycles. The molecule has 1 atom stereocenters. The Morgan fingerprint density at radius 1 is 1.26 bits per heavy atom. The molecule has 0 unspecified atom stereocenters. The average molecular weight is 395 g/mol. The van der Waals surface area contributed by atoms with Gasteiger partial charge in [0.05, 0.1) is 11.7 Å². The third-order valence-electron chi connectivity index (χ3n) is 5.71. The molecule has 1 aromatic rings. The quantitative estimate of drug-likeness (QED) is 0.785. The number of aromatic nitrogens is 1. The number of nitrogens with zero attached hydrogens (tertiary/aromatic N) is 3. The summed E-state index contributed by atoms with van der Waals surface area (Å²) in [6.07, 6.45) is 7.12. The highest BCUT2D eigenvalue weighted by Crippen LogP contribution is 2.25. The highest BCUT2D eigenvalue weighted by Gasteiger charge is 2.33. The van der Waals surface area contributed by atoms with Crippen LogP contribution in [0.5, 0.6) is 0 Å². The summed E-state index contributed by atoms with van der Waals surface area (Å²) in [5.74, 6) is 0.281. The number of hydrogen-bond donors (Lipinski definition) is 1. The van der Waals surface area contributed by atoms with Crippen molar-refractivity contribution in [3.05, 3.63) is 30.1 Å². The summed E-state index contributed by atoms with van der Waals surface area (Å²) in [5.41, 5.74) is 1.00. The smallest absolute Gasteiger partial charge is 0.224 e. The van der Waals surface area contributed by atoms with Crippen molar-refractivity contribution in [2.45, 2.75) is 45.2 Å². The van der Waals surface area contributed by atoms with Crippen molar-refractivity contribution in [1.29, 1.82) is 0 Å². The Balaban J connectivity index is 1.49. The van der Waals surface area contributed by atoms with Gasteiger partial charge in [0.1, 0.15) is 0 Å². The van der Waals surface area contributed by atoms with Crippen LogP contribution >= 0.6 is 0 Å². The predicted molar refractivity (Wildman–Crippen MR) is 104 cm³/mol. The van der Waals surface area contributed by atoms with Crippen molar-refractivity contribution in [2.75, 3.05) is 31.9 Å². The van der Waals surface area contributed by atoms with Crippen molar-refractivity contribution in [1.82, 2.24) is 19.5 Å². The normalized spacial score (nSPS) is 23.2. The molecule has 3 heterocycles. The van der Waals surface area contributed by atoms with E-state index in [1.807, 2.05) is 12.1 Å². The van der Waals surface area contributed by atoms with Crippen LogP contribution in [0.15, 0.2) is 24.5 Å². The van der Waals surface area contributed by atoms with Gasteiger partial charge in [0.2, 0.25) is 15.9 Å². The van der Waals surface area contributed by atoms with E-state index < -0.39 is 10.0 Å². The summed E-state index contributed by atoms with van der Waals surface area (Å²) in [7, 11) is -3.09. The molecule has 1 N–H and O–H groups in total. The van der Waals surface area contributed by atoms with E-state index in [4.69, 9.17) is 0 Å². The van der Waals surface area contributed by atoms with Gasteiger partial charge in [0.15, 0.2) is 0 Å². The minimum absolute atomic E-state index is 0.00725. The summed E-state index contributed by atoms with van der Waals surface area (Å²) in [4.78, 5) is 19.0. The first-order chi connectivity index (χ1) is 13.0. The van der Waals surface area contributed by atoms with Gasteiger partial charge < -0.3 is 5.32 Å². The summed E-state index contributed by atoms with van der Waals surface area (Å²) >= 11 is 0. The molecule has 1 amide bonds. The number of amides is 1. The Hall–Kier alpha value is -1.51. The molecule has 1 aromatic heterocycles. The first-order valence-corrected chi connectivity index (χ1v) is 11.5. The topological polar surface area (TPSA) is 82.6 Å². The molecule has 8 heteroatoms. The first kappa shape index (κ1) is 20.2. The van der Waals surface area contributed by atoms with E-state index in [9.17, 15) is 13.2 Å². The molecule has 150 valence electrons. The van der Waals surface area contributed by atoms with Gasteiger partial charge in [0.25, 0.3) is 0 Å². The van der Waals surface area contributed by atoms with Crippen molar-refractivity contribution in [2.24, 2.45) is 5.92 Å². The summed E-state index contributed by atoms with van der Waals surface area (Å²) in [6.45, 7) is 5.16. The molecule has 3 rings (SSSR count). The minimum Gasteiger partial charge on any atom is -0.352 e. The van der Waals surface area contributed by atoms with E-state index in [1.165, 1.54) is 0 Å². The molecule has 2 saturated heterocycles. The summed E-state index contributed by atoms with van der Waals surface area (Å²) in [5, 5.41) is 3.03. The van der Waals surface area contributed by atoms with Crippen LogP contribution in [0.1, 0.15) is 38.2 Å². The summed E-state index contributed by atoms with van der Waals surface area (Å²) in [6, 6.07) is 4.20. The lowest BCUT2D eigenvalue weighted by Gasteiger charge is -2.41. The number of rotatable bonds is 6. The fourth-order valence-corrected chi connectivity index (χ4v) is 5.19. The van der Waals surface area contributed by atoms with Gasteiger partial charge in [-0.3, -0.25) is 14.7 Å². The van der Waals surface area contributed by atoms with E-state index >= 15 is 0 Å². The van der Waals surface area contributed by atoms with Crippen LogP contribution in [0.2, 0.25) is 0 Å². The standard InChI is InChI=1S/C19H30N4O3S/c1-2-27(25,26)23-11-7-18(8-12-23)22-10-4-6-17(15-22)19(24)21-14-16-5-3-9-20-13-16/h3,5,9,13,17-18H,2,4,6-8,10-12,14-15H2,1H3,(H,21,24)/t17-/m0/s1. The third kappa shape index (κ3) is 5.27. The zero-order chi connectivity index (χ0) is 19.3. The molecule has 0 radical (unpaired) electrons. The number of carbonyl (C=O) groups excluding carboxylic acids is 1. The highest BCUT2D eigenvalue weighted by molar-refractivity contribution is 7.89. The Morgan fingerprint density at radius 3 is 2.70 bits per heavy atom. The zero-order valence-electron chi connectivity index (χ0n) is 16.0. The largest absolute Gasteiger partial charge is 0.352 e. The number of nitrogens with one attached hydrogen (secondary N) is 1. The van der Waals surface area contributed by atoms with Crippen LogP contribution < -0.4 is 5.32 Å². The maximum Gasteiger partial charge on any atom is 0.224 e. The lowest BCUT2D eigenvalue weighted by molar-refractivity contribution is -0.127. The highest BCUT2D eigenvalue weighted by atomic mass is 32.2. The predicted octanol–water partition coefficient (Wildman–Crippen LogP) is 1.22. The van der Waals surface area contributed by atoms with Gasteiger partial charge in [-0.15, -0.1) is 0 Å². The zero-order valence-corrected chi connectivity index (χ0v) is 16.8. The van der Waals surface area contributed by atoms with E-state index in [0.29, 0.717) is 25.7 Å². The van der Waals surface area contributed by atoms with E-state index in [0.717, 1.165) is 44.3 Å². The molecule has 7 nitrogen and oxygen atoms in total. The van der Waals surface area contributed by atoms with Crippen LogP contribution in [0.25, 0.3) is 0 Å². The number of piperidine rings is 2. The van der Waals surface area contributed by atoms with E-state index in [2.05, 4.69) is 15.2 Å². The molecular weight excluding hydrogens is 364 g/mol. The van der Waals surface area contributed by atoms with E-state index in [1.54, 1.807) is 23.6 Å². The number of carbonyl (C=O) groups is 1. The first-order valence-electron chi connectivity index (χ1n) is 9.88. The van der Waals surface area contributed by atoms with Gasteiger partial charge in [-0.1, -0.05) is 6.07 Å².